The van der Waals surface area contributed by atoms with E-state index in [0.29, 0.717) is 12.2 Å². The van der Waals surface area contributed by atoms with Gasteiger partial charge >= 0.3 is 0 Å². The van der Waals surface area contributed by atoms with Crippen molar-refractivity contribution < 1.29 is 9.90 Å². The van der Waals surface area contributed by atoms with Gasteiger partial charge in [-0.25, -0.2) is 4.98 Å². The summed E-state index contributed by atoms with van der Waals surface area (Å²) in [7, 11) is 0. The van der Waals surface area contributed by atoms with Crippen molar-refractivity contribution in [3.63, 3.8) is 0 Å². The smallest absolute Gasteiger partial charge is 0.273 e. The van der Waals surface area contributed by atoms with Crippen LogP contribution < -0.4 is 0 Å². The molecule has 0 fully saturated rings. The fourth-order valence-corrected chi connectivity index (χ4v) is 3.11. The highest BCUT2D eigenvalue weighted by Gasteiger charge is 2.17. The van der Waals surface area contributed by atoms with Crippen molar-refractivity contribution in [2.75, 3.05) is 19.7 Å². The minimum atomic E-state index is -0.174. The molecule has 2 heterocycles. The number of hydrogen-bond acceptors (Lipinski definition) is 5. The summed E-state index contributed by atoms with van der Waals surface area (Å²) in [4.78, 5) is 18.1. The van der Waals surface area contributed by atoms with E-state index < -0.39 is 0 Å². The quantitative estimate of drug-likeness (QED) is 0.833. The summed E-state index contributed by atoms with van der Waals surface area (Å²) in [5.41, 5.74) is 1.45. The van der Waals surface area contributed by atoms with Crippen LogP contribution in [0.4, 0.5) is 0 Å². The molecule has 100 valence electrons. The molecule has 0 saturated heterocycles. The number of nitrogens with zero attached hydrogens (tertiary/aromatic N) is 2. The van der Waals surface area contributed by atoms with Crippen LogP contribution in [-0.2, 0) is 0 Å². The van der Waals surface area contributed by atoms with E-state index >= 15 is 0 Å². The molecule has 0 saturated carbocycles. The Bertz CT molecular complexity index is 549. The van der Waals surface area contributed by atoms with Crippen LogP contribution in [0.2, 0.25) is 0 Å². The highest BCUT2D eigenvalue weighted by molar-refractivity contribution is 7.14. The van der Waals surface area contributed by atoms with Gasteiger partial charge in [-0.05, 0) is 11.4 Å². The van der Waals surface area contributed by atoms with E-state index in [-0.39, 0.29) is 19.1 Å². The number of hydrogen-bond donors (Lipinski definition) is 1. The third-order valence-electron chi connectivity index (χ3n) is 2.50. The number of aromatic nitrogens is 1. The van der Waals surface area contributed by atoms with E-state index in [9.17, 15) is 4.79 Å². The molecule has 4 nitrogen and oxygen atoms in total. The number of rotatable bonds is 6. The van der Waals surface area contributed by atoms with E-state index in [0.717, 1.165) is 10.6 Å². The first-order valence-electron chi connectivity index (χ1n) is 5.75. The second-order valence-corrected chi connectivity index (χ2v) is 5.45. The number of amides is 1. The van der Waals surface area contributed by atoms with E-state index in [1.54, 1.807) is 22.8 Å². The fourth-order valence-electron chi connectivity index (χ4n) is 1.61. The van der Waals surface area contributed by atoms with Crippen molar-refractivity contribution in [1.82, 2.24) is 9.88 Å². The maximum absolute atomic E-state index is 12.2. The Kier molecular flexibility index (Phi) is 4.84. The summed E-state index contributed by atoms with van der Waals surface area (Å²) in [6, 6.07) is 1.98. The van der Waals surface area contributed by atoms with Crippen molar-refractivity contribution in [2.45, 2.75) is 0 Å². The third-order valence-corrected chi connectivity index (χ3v) is 4.07. The van der Waals surface area contributed by atoms with Gasteiger partial charge in [0.1, 0.15) is 10.7 Å². The summed E-state index contributed by atoms with van der Waals surface area (Å²) in [5, 5.41) is 15.5. The Labute approximate surface area is 119 Å². The largest absolute Gasteiger partial charge is 0.395 e. The van der Waals surface area contributed by atoms with Gasteiger partial charge in [0.05, 0.1) is 6.61 Å². The summed E-state index contributed by atoms with van der Waals surface area (Å²) in [6.07, 6.45) is 1.64. The molecular formula is C13H14N2O2S2. The van der Waals surface area contributed by atoms with Gasteiger partial charge < -0.3 is 10.0 Å². The number of carbonyl (C=O) groups is 1. The van der Waals surface area contributed by atoms with E-state index in [1.165, 1.54) is 16.2 Å². The Hall–Kier alpha value is -1.50. The molecule has 1 amide bonds. The third kappa shape index (κ3) is 3.28. The Balaban J connectivity index is 2.17. The monoisotopic (exact) mass is 294 g/mol. The normalized spacial score (nSPS) is 10.4. The number of aliphatic hydroxyl groups excluding tert-OH is 1. The SMILES string of the molecule is C=CCN(CCO)C(=O)c1csc(-c2ccsc2)n1. The van der Waals surface area contributed by atoms with Crippen molar-refractivity contribution in [3.05, 3.63) is 40.6 Å². The van der Waals surface area contributed by atoms with Crippen molar-refractivity contribution >= 4 is 28.6 Å². The Morgan fingerprint density at radius 1 is 1.53 bits per heavy atom. The predicted molar refractivity (Wildman–Crippen MR) is 78.6 cm³/mol. The lowest BCUT2D eigenvalue weighted by Crippen LogP contribution is -2.33. The van der Waals surface area contributed by atoms with Crippen LogP contribution >= 0.6 is 22.7 Å². The lowest BCUT2D eigenvalue weighted by atomic mass is 10.3. The molecule has 0 bridgehead atoms. The average molecular weight is 294 g/mol. The molecule has 1 N–H and O–H groups in total. The summed E-state index contributed by atoms with van der Waals surface area (Å²) in [5.74, 6) is -0.174. The van der Waals surface area contributed by atoms with Crippen LogP contribution in [0.25, 0.3) is 10.6 Å². The minimum Gasteiger partial charge on any atom is -0.395 e. The van der Waals surface area contributed by atoms with Crippen LogP contribution in [0.3, 0.4) is 0 Å². The second-order valence-electron chi connectivity index (χ2n) is 3.81. The lowest BCUT2D eigenvalue weighted by Gasteiger charge is -2.18. The first-order chi connectivity index (χ1) is 9.26. The van der Waals surface area contributed by atoms with Crippen molar-refractivity contribution in [1.29, 1.82) is 0 Å². The Morgan fingerprint density at radius 2 is 2.37 bits per heavy atom. The highest BCUT2D eigenvalue weighted by Crippen LogP contribution is 2.26. The van der Waals surface area contributed by atoms with Gasteiger partial charge in [-0.2, -0.15) is 11.3 Å². The van der Waals surface area contributed by atoms with Crippen LogP contribution in [0.15, 0.2) is 34.9 Å². The fraction of sp³-hybridized carbons (Fsp3) is 0.231. The number of carbonyl (C=O) groups excluding carboxylic acids is 1. The first kappa shape index (κ1) is 13.9. The number of aliphatic hydroxyl groups is 1. The molecule has 0 radical (unpaired) electrons. The standard InChI is InChI=1S/C13H14N2O2S2/c1-2-4-15(5-6-16)13(17)11-9-19-12(14-11)10-3-7-18-8-10/h2-3,7-9,16H,1,4-6H2. The van der Waals surface area contributed by atoms with Gasteiger partial charge in [0.2, 0.25) is 0 Å². The van der Waals surface area contributed by atoms with Gasteiger partial charge in [0.15, 0.2) is 0 Å². The van der Waals surface area contributed by atoms with Gasteiger partial charge in [-0.3, -0.25) is 4.79 Å². The topological polar surface area (TPSA) is 53.4 Å². The van der Waals surface area contributed by atoms with Crippen molar-refractivity contribution in [3.8, 4) is 10.6 Å². The maximum Gasteiger partial charge on any atom is 0.273 e. The van der Waals surface area contributed by atoms with Crippen LogP contribution in [0, 0.1) is 0 Å². The molecule has 2 rings (SSSR count). The van der Waals surface area contributed by atoms with Gasteiger partial charge in [0.25, 0.3) is 5.91 Å². The molecule has 0 spiro atoms. The summed E-state index contributed by atoms with van der Waals surface area (Å²) < 4.78 is 0. The van der Waals surface area contributed by atoms with Gasteiger partial charge in [-0.15, -0.1) is 17.9 Å². The zero-order valence-electron chi connectivity index (χ0n) is 10.3. The first-order valence-corrected chi connectivity index (χ1v) is 7.57. The van der Waals surface area contributed by atoms with Crippen LogP contribution in [0.5, 0.6) is 0 Å². The zero-order chi connectivity index (χ0) is 13.7. The second kappa shape index (κ2) is 6.60. The minimum absolute atomic E-state index is 0.0683. The van der Waals surface area contributed by atoms with E-state index in [1.807, 2.05) is 16.8 Å². The summed E-state index contributed by atoms with van der Waals surface area (Å²) in [6.45, 7) is 4.24. The molecule has 0 unspecified atom stereocenters. The molecule has 19 heavy (non-hydrogen) atoms. The molecule has 0 aromatic carbocycles. The van der Waals surface area contributed by atoms with Crippen molar-refractivity contribution in [2.24, 2.45) is 0 Å². The highest BCUT2D eigenvalue weighted by atomic mass is 32.1. The van der Waals surface area contributed by atoms with Gasteiger partial charge in [0, 0.05) is 29.4 Å². The van der Waals surface area contributed by atoms with E-state index in [2.05, 4.69) is 11.6 Å². The molecule has 0 aliphatic carbocycles. The molecule has 2 aromatic heterocycles. The molecule has 0 aliphatic heterocycles. The molecule has 0 atom stereocenters. The zero-order valence-corrected chi connectivity index (χ0v) is 11.9. The van der Waals surface area contributed by atoms with Crippen LogP contribution in [0.1, 0.15) is 10.5 Å². The predicted octanol–water partition coefficient (Wildman–Crippen LogP) is 2.49. The number of thiazole rings is 1. The summed E-state index contributed by atoms with van der Waals surface area (Å²) >= 11 is 3.05. The molecular weight excluding hydrogens is 280 g/mol. The average Bonchev–Trinajstić information content (AvgIpc) is 3.08. The molecule has 6 heteroatoms. The van der Waals surface area contributed by atoms with Crippen LogP contribution in [-0.4, -0.2) is 40.6 Å². The molecule has 0 aliphatic rings. The lowest BCUT2D eigenvalue weighted by molar-refractivity contribution is 0.0738. The Morgan fingerprint density at radius 3 is 3.00 bits per heavy atom. The van der Waals surface area contributed by atoms with Gasteiger partial charge in [-0.1, -0.05) is 6.08 Å². The maximum atomic E-state index is 12.2. The number of thiophene rings is 1. The van der Waals surface area contributed by atoms with E-state index in [4.69, 9.17) is 5.11 Å². The molecule has 2 aromatic rings.